The van der Waals surface area contributed by atoms with E-state index in [-0.39, 0.29) is 12.4 Å². The first-order valence-corrected chi connectivity index (χ1v) is 5.56. The van der Waals surface area contributed by atoms with Crippen molar-refractivity contribution in [2.45, 2.75) is 26.3 Å². The molecule has 0 aliphatic rings. The van der Waals surface area contributed by atoms with Gasteiger partial charge in [0.05, 0.1) is 6.07 Å². The van der Waals surface area contributed by atoms with Gasteiger partial charge in [-0.15, -0.1) is 0 Å². The van der Waals surface area contributed by atoms with Crippen LogP contribution < -0.4 is 10.1 Å². The number of hydrogen-bond acceptors (Lipinski definition) is 3. The maximum atomic E-state index is 13.0. The zero-order valence-corrected chi connectivity index (χ0v) is 10.4. The smallest absolute Gasteiger partial charge is 0.138 e. The molecule has 0 fully saturated rings. The van der Waals surface area contributed by atoms with Crippen LogP contribution in [0.3, 0.4) is 0 Å². The van der Waals surface area contributed by atoms with E-state index in [4.69, 9.17) is 10.00 Å². The molecular weight excluding hydrogens is 219 g/mol. The summed E-state index contributed by atoms with van der Waals surface area (Å²) in [5.41, 5.74) is 0.0937. The molecule has 1 unspecified atom stereocenters. The fourth-order valence-corrected chi connectivity index (χ4v) is 1.46. The summed E-state index contributed by atoms with van der Waals surface area (Å²) in [4.78, 5) is 0. The predicted molar refractivity (Wildman–Crippen MR) is 64.3 cm³/mol. The van der Waals surface area contributed by atoms with Gasteiger partial charge in [-0.1, -0.05) is 13.0 Å². The lowest BCUT2D eigenvalue weighted by Crippen LogP contribution is -2.46. The SMILES string of the molecule is CCNC(C)(C#N)COc1cc(F)ccc1C. The van der Waals surface area contributed by atoms with Crippen molar-refractivity contribution in [1.29, 1.82) is 5.26 Å². The molecular formula is C13H17FN2O. The molecule has 17 heavy (non-hydrogen) atoms. The first-order chi connectivity index (χ1) is 8.00. The number of benzene rings is 1. The van der Waals surface area contributed by atoms with Crippen LogP contribution in [0.25, 0.3) is 0 Å². The average molecular weight is 236 g/mol. The summed E-state index contributed by atoms with van der Waals surface area (Å²) in [6, 6.07) is 6.53. The van der Waals surface area contributed by atoms with Crippen LogP contribution in [-0.4, -0.2) is 18.7 Å². The van der Waals surface area contributed by atoms with Crippen molar-refractivity contribution in [2.75, 3.05) is 13.2 Å². The highest BCUT2D eigenvalue weighted by molar-refractivity contribution is 5.32. The van der Waals surface area contributed by atoms with E-state index in [2.05, 4.69) is 11.4 Å². The zero-order chi connectivity index (χ0) is 12.9. The predicted octanol–water partition coefficient (Wildman–Crippen LogP) is 2.40. The van der Waals surface area contributed by atoms with Crippen molar-refractivity contribution in [3.63, 3.8) is 0 Å². The van der Waals surface area contributed by atoms with Gasteiger partial charge in [0.1, 0.15) is 23.7 Å². The number of ether oxygens (including phenoxy) is 1. The highest BCUT2D eigenvalue weighted by Crippen LogP contribution is 2.20. The lowest BCUT2D eigenvalue weighted by atomic mass is 10.1. The van der Waals surface area contributed by atoms with Crippen molar-refractivity contribution in [3.05, 3.63) is 29.6 Å². The third-order valence-corrected chi connectivity index (χ3v) is 2.48. The Hall–Kier alpha value is -1.60. The van der Waals surface area contributed by atoms with Gasteiger partial charge in [-0.2, -0.15) is 5.26 Å². The average Bonchev–Trinajstić information content (AvgIpc) is 2.31. The topological polar surface area (TPSA) is 45.0 Å². The van der Waals surface area contributed by atoms with E-state index in [9.17, 15) is 4.39 Å². The third kappa shape index (κ3) is 3.72. The van der Waals surface area contributed by atoms with Crippen molar-refractivity contribution >= 4 is 0 Å². The van der Waals surface area contributed by atoms with Crippen LogP contribution in [0.15, 0.2) is 18.2 Å². The van der Waals surface area contributed by atoms with E-state index >= 15 is 0 Å². The van der Waals surface area contributed by atoms with E-state index < -0.39 is 5.54 Å². The Bertz CT molecular complexity index is 428. The molecule has 0 amide bonds. The third-order valence-electron chi connectivity index (χ3n) is 2.48. The minimum atomic E-state index is -0.756. The Balaban J connectivity index is 2.73. The van der Waals surface area contributed by atoms with Gasteiger partial charge in [0.25, 0.3) is 0 Å². The number of rotatable bonds is 5. The second-order valence-corrected chi connectivity index (χ2v) is 4.17. The number of likely N-dealkylation sites (N-methyl/N-ethyl adjacent to an activating group) is 1. The summed E-state index contributed by atoms with van der Waals surface area (Å²) in [6.45, 7) is 6.37. The largest absolute Gasteiger partial charge is 0.490 e. The van der Waals surface area contributed by atoms with Crippen LogP contribution in [0.2, 0.25) is 0 Å². The molecule has 1 N–H and O–H groups in total. The van der Waals surface area contributed by atoms with E-state index in [1.807, 2.05) is 13.8 Å². The lowest BCUT2D eigenvalue weighted by molar-refractivity contribution is 0.234. The summed E-state index contributed by atoms with van der Waals surface area (Å²) in [7, 11) is 0. The second kappa shape index (κ2) is 5.65. The molecule has 1 aromatic carbocycles. The molecule has 0 bridgehead atoms. The molecule has 0 radical (unpaired) electrons. The van der Waals surface area contributed by atoms with Gasteiger partial charge in [0.15, 0.2) is 0 Å². The first-order valence-electron chi connectivity index (χ1n) is 5.56. The van der Waals surface area contributed by atoms with E-state index in [1.54, 1.807) is 13.0 Å². The van der Waals surface area contributed by atoms with Crippen LogP contribution in [0, 0.1) is 24.1 Å². The van der Waals surface area contributed by atoms with E-state index in [0.717, 1.165) is 5.56 Å². The van der Waals surface area contributed by atoms with Gasteiger partial charge >= 0.3 is 0 Å². The fourth-order valence-electron chi connectivity index (χ4n) is 1.46. The molecule has 3 nitrogen and oxygen atoms in total. The first kappa shape index (κ1) is 13.5. The highest BCUT2D eigenvalue weighted by atomic mass is 19.1. The van der Waals surface area contributed by atoms with Crippen molar-refractivity contribution < 1.29 is 9.13 Å². The molecule has 1 rings (SSSR count). The minimum absolute atomic E-state index is 0.182. The highest BCUT2D eigenvalue weighted by Gasteiger charge is 2.23. The van der Waals surface area contributed by atoms with Gasteiger partial charge in [0, 0.05) is 6.07 Å². The number of halogens is 1. The number of nitriles is 1. The van der Waals surface area contributed by atoms with Crippen molar-refractivity contribution in [2.24, 2.45) is 0 Å². The molecule has 0 aromatic heterocycles. The summed E-state index contributed by atoms with van der Waals surface area (Å²) in [6.07, 6.45) is 0. The Morgan fingerprint density at radius 2 is 2.24 bits per heavy atom. The summed E-state index contributed by atoms with van der Waals surface area (Å²) < 4.78 is 18.5. The maximum Gasteiger partial charge on any atom is 0.138 e. The molecule has 92 valence electrons. The molecule has 0 saturated carbocycles. The van der Waals surface area contributed by atoms with Crippen molar-refractivity contribution in [3.8, 4) is 11.8 Å². The Morgan fingerprint density at radius 3 is 2.82 bits per heavy atom. The van der Waals surface area contributed by atoms with Crippen LogP contribution >= 0.6 is 0 Å². The Kier molecular flexibility index (Phi) is 4.47. The number of hydrogen-bond donors (Lipinski definition) is 1. The zero-order valence-electron chi connectivity index (χ0n) is 10.4. The molecule has 4 heteroatoms. The van der Waals surface area contributed by atoms with Gasteiger partial charge < -0.3 is 4.74 Å². The molecule has 0 heterocycles. The summed E-state index contributed by atoms with van der Waals surface area (Å²) in [5.74, 6) is 0.136. The van der Waals surface area contributed by atoms with Crippen LogP contribution in [0.4, 0.5) is 4.39 Å². The van der Waals surface area contributed by atoms with Gasteiger partial charge in [-0.25, -0.2) is 4.39 Å². The van der Waals surface area contributed by atoms with E-state index in [0.29, 0.717) is 12.3 Å². The normalized spacial score (nSPS) is 13.8. The molecule has 0 saturated heterocycles. The van der Waals surface area contributed by atoms with Gasteiger partial charge in [-0.05, 0) is 32.0 Å². The molecule has 0 aliphatic carbocycles. The monoisotopic (exact) mass is 236 g/mol. The van der Waals surface area contributed by atoms with Crippen LogP contribution in [-0.2, 0) is 0 Å². The van der Waals surface area contributed by atoms with Gasteiger partial charge in [-0.3, -0.25) is 5.32 Å². The second-order valence-electron chi connectivity index (χ2n) is 4.17. The summed E-state index contributed by atoms with van der Waals surface area (Å²) in [5, 5.41) is 12.1. The van der Waals surface area contributed by atoms with Crippen molar-refractivity contribution in [1.82, 2.24) is 5.32 Å². The van der Waals surface area contributed by atoms with Crippen LogP contribution in [0.1, 0.15) is 19.4 Å². The fraction of sp³-hybridized carbons (Fsp3) is 0.462. The maximum absolute atomic E-state index is 13.0. The lowest BCUT2D eigenvalue weighted by Gasteiger charge is -2.23. The number of nitrogens with one attached hydrogen (secondary N) is 1. The molecule has 1 aromatic rings. The molecule has 0 spiro atoms. The number of aryl methyl sites for hydroxylation is 1. The van der Waals surface area contributed by atoms with Crippen LogP contribution in [0.5, 0.6) is 5.75 Å². The quantitative estimate of drug-likeness (QED) is 0.853. The number of nitrogens with zero attached hydrogens (tertiary/aromatic N) is 1. The summed E-state index contributed by atoms with van der Waals surface area (Å²) >= 11 is 0. The Morgan fingerprint density at radius 1 is 1.53 bits per heavy atom. The molecule has 0 aliphatic heterocycles. The van der Waals surface area contributed by atoms with Gasteiger partial charge in [0.2, 0.25) is 0 Å². The minimum Gasteiger partial charge on any atom is -0.490 e. The van der Waals surface area contributed by atoms with E-state index in [1.165, 1.54) is 12.1 Å². The Labute approximate surface area is 101 Å². The standard InChI is InChI=1S/C13H17FN2O/c1-4-16-13(3,8-15)9-17-12-7-11(14)6-5-10(12)2/h5-7,16H,4,9H2,1-3H3. The molecule has 1 atom stereocenters.